The van der Waals surface area contributed by atoms with Gasteiger partial charge in [0.1, 0.15) is 0 Å². The summed E-state index contributed by atoms with van der Waals surface area (Å²) in [5, 5.41) is 3.56. The van der Waals surface area contributed by atoms with Gasteiger partial charge in [0.25, 0.3) is 11.8 Å². The second-order valence-corrected chi connectivity index (χ2v) is 10.3. The first-order valence-corrected chi connectivity index (χ1v) is 13.1. The van der Waals surface area contributed by atoms with Gasteiger partial charge in [0, 0.05) is 28.6 Å². The van der Waals surface area contributed by atoms with Crippen LogP contribution in [0.1, 0.15) is 41.8 Å². The number of carbonyl (C=O) groups excluding carboxylic acids is 2. The van der Waals surface area contributed by atoms with Crippen molar-refractivity contribution in [1.82, 2.24) is 5.32 Å². The summed E-state index contributed by atoms with van der Waals surface area (Å²) in [5.41, 5.74) is 3.28. The van der Waals surface area contributed by atoms with E-state index in [0.717, 1.165) is 28.1 Å². The highest BCUT2D eigenvalue weighted by Gasteiger charge is 2.29. The maximum Gasteiger partial charge on any atom is 0.265 e. The third kappa shape index (κ3) is 6.78. The monoisotopic (exact) mass is 520 g/mol. The highest BCUT2D eigenvalue weighted by atomic mass is 35.5. The quantitative estimate of drug-likeness (QED) is 0.256. The maximum atomic E-state index is 13.5. The number of carbonyl (C=O) groups is 2. The second-order valence-electron chi connectivity index (χ2n) is 8.75. The molecule has 0 fully saturated rings. The molecule has 0 unspecified atom stereocenters. The normalized spacial score (nSPS) is 14.3. The summed E-state index contributed by atoms with van der Waals surface area (Å²) < 4.78 is 5.50. The van der Waals surface area contributed by atoms with Crippen molar-refractivity contribution in [2.45, 2.75) is 37.8 Å². The van der Waals surface area contributed by atoms with Crippen molar-refractivity contribution in [2.75, 3.05) is 18.1 Å². The number of benzene rings is 3. The third-order valence-electron chi connectivity index (χ3n) is 5.59. The van der Waals surface area contributed by atoms with E-state index in [-0.39, 0.29) is 17.9 Å². The highest BCUT2D eigenvalue weighted by molar-refractivity contribution is 8.04. The summed E-state index contributed by atoms with van der Waals surface area (Å²) in [7, 11) is 0. The molecule has 0 spiro atoms. The zero-order chi connectivity index (χ0) is 25.5. The van der Waals surface area contributed by atoms with Crippen molar-refractivity contribution in [1.29, 1.82) is 0 Å². The van der Waals surface area contributed by atoms with Crippen LogP contribution in [0, 0.1) is 0 Å². The van der Waals surface area contributed by atoms with Crippen LogP contribution in [-0.4, -0.2) is 31.1 Å². The molecule has 0 saturated carbocycles. The molecule has 186 valence electrons. The summed E-state index contributed by atoms with van der Waals surface area (Å²) in [6, 6.07) is 22.7. The van der Waals surface area contributed by atoms with Gasteiger partial charge in [0.2, 0.25) is 0 Å². The zero-order valence-corrected chi connectivity index (χ0v) is 21.9. The Morgan fingerprint density at radius 2 is 1.86 bits per heavy atom. The highest BCUT2D eigenvalue weighted by Crippen LogP contribution is 2.42. The van der Waals surface area contributed by atoms with E-state index in [9.17, 15) is 9.59 Å². The number of hydrogen-bond donors (Lipinski definition) is 1. The number of para-hydroxylation sites is 1. The number of hydrogen-bond acceptors (Lipinski definition) is 4. The number of anilines is 1. The molecule has 3 aromatic carbocycles. The summed E-state index contributed by atoms with van der Waals surface area (Å²) >= 11 is 7.63. The summed E-state index contributed by atoms with van der Waals surface area (Å²) in [6.45, 7) is 5.59. The fourth-order valence-electron chi connectivity index (χ4n) is 3.81. The van der Waals surface area contributed by atoms with Crippen LogP contribution in [-0.2, 0) is 16.1 Å². The molecule has 0 saturated heterocycles. The molecule has 1 N–H and O–H groups in total. The van der Waals surface area contributed by atoms with Gasteiger partial charge in [0.15, 0.2) is 0 Å². The summed E-state index contributed by atoms with van der Waals surface area (Å²) in [4.78, 5) is 29.4. The lowest BCUT2D eigenvalue weighted by atomic mass is 10.1. The SMILES string of the molecule is CC(C)OCCCNC(=O)c1ccc(/C=C2/Sc3ccccc3N(Cc3cccc(Cl)c3)C2=O)cc1. The molecule has 36 heavy (non-hydrogen) atoms. The molecule has 0 atom stereocenters. The van der Waals surface area contributed by atoms with E-state index >= 15 is 0 Å². The van der Waals surface area contributed by atoms with Crippen LogP contribution < -0.4 is 10.2 Å². The number of nitrogens with zero attached hydrogens (tertiary/aromatic N) is 1. The summed E-state index contributed by atoms with van der Waals surface area (Å²) in [5.74, 6) is -0.187. The smallest absolute Gasteiger partial charge is 0.265 e. The number of ether oxygens (including phenoxy) is 1. The Balaban J connectivity index is 1.47. The van der Waals surface area contributed by atoms with E-state index in [1.165, 1.54) is 11.8 Å². The Labute approximate surface area is 221 Å². The molecule has 5 nitrogen and oxygen atoms in total. The lowest BCUT2D eigenvalue weighted by Gasteiger charge is -2.30. The molecular formula is C29H29ClN2O3S. The van der Waals surface area contributed by atoms with Crippen molar-refractivity contribution >= 4 is 46.9 Å². The van der Waals surface area contributed by atoms with Crippen molar-refractivity contribution in [3.8, 4) is 0 Å². The Hall–Kier alpha value is -3.06. The van der Waals surface area contributed by atoms with Gasteiger partial charge in [-0.25, -0.2) is 0 Å². The van der Waals surface area contributed by atoms with Gasteiger partial charge < -0.3 is 15.0 Å². The van der Waals surface area contributed by atoms with Crippen LogP contribution in [0.3, 0.4) is 0 Å². The molecule has 0 bridgehead atoms. The maximum absolute atomic E-state index is 13.5. The van der Waals surface area contributed by atoms with Crippen molar-refractivity contribution in [3.63, 3.8) is 0 Å². The largest absolute Gasteiger partial charge is 0.379 e. The average Bonchev–Trinajstić information content (AvgIpc) is 2.86. The van der Waals surface area contributed by atoms with Gasteiger partial charge >= 0.3 is 0 Å². The summed E-state index contributed by atoms with van der Waals surface area (Å²) in [6.07, 6.45) is 2.83. The molecule has 0 aromatic heterocycles. The van der Waals surface area contributed by atoms with Crippen LogP contribution in [0.5, 0.6) is 0 Å². The fraction of sp³-hybridized carbons (Fsp3) is 0.241. The molecular weight excluding hydrogens is 492 g/mol. The first-order chi connectivity index (χ1) is 17.4. The van der Waals surface area contributed by atoms with Gasteiger partial charge in [-0.05, 0) is 73.9 Å². The van der Waals surface area contributed by atoms with Crippen LogP contribution in [0.4, 0.5) is 5.69 Å². The van der Waals surface area contributed by atoms with Gasteiger partial charge in [-0.1, -0.05) is 59.8 Å². The van der Waals surface area contributed by atoms with Gasteiger partial charge in [0.05, 0.1) is 23.2 Å². The van der Waals surface area contributed by atoms with E-state index < -0.39 is 0 Å². The van der Waals surface area contributed by atoms with E-state index in [0.29, 0.717) is 35.2 Å². The van der Waals surface area contributed by atoms with Crippen LogP contribution in [0.2, 0.25) is 5.02 Å². The molecule has 1 aliphatic rings. The van der Waals surface area contributed by atoms with E-state index in [1.54, 1.807) is 17.0 Å². The minimum Gasteiger partial charge on any atom is -0.379 e. The first-order valence-electron chi connectivity index (χ1n) is 12.0. The predicted molar refractivity (Wildman–Crippen MR) is 147 cm³/mol. The minimum atomic E-state index is -0.122. The Bertz CT molecular complexity index is 1260. The Kier molecular flexibility index (Phi) is 8.86. The molecule has 2 amide bonds. The fourth-order valence-corrected chi connectivity index (χ4v) is 5.09. The topological polar surface area (TPSA) is 58.6 Å². The second kappa shape index (κ2) is 12.3. The molecule has 0 aliphatic carbocycles. The molecule has 3 aromatic rings. The molecule has 1 heterocycles. The average molecular weight is 521 g/mol. The van der Waals surface area contributed by atoms with Crippen LogP contribution in [0.15, 0.2) is 82.6 Å². The standard InChI is InChI=1S/C29H29ClN2O3S/c1-20(2)35-16-6-15-31-28(33)23-13-11-21(12-14-23)18-27-29(34)32(19-22-7-5-8-24(30)17-22)25-9-3-4-10-26(25)36-27/h3-5,7-14,17-18,20H,6,15-16,19H2,1-2H3,(H,31,33)/b27-18+. The van der Waals surface area contributed by atoms with Gasteiger partial charge in [-0.3, -0.25) is 9.59 Å². The number of amides is 2. The van der Waals surface area contributed by atoms with Crippen molar-refractivity contribution in [3.05, 3.63) is 99.4 Å². The van der Waals surface area contributed by atoms with Gasteiger partial charge in [-0.15, -0.1) is 0 Å². The molecule has 7 heteroatoms. The molecule has 1 aliphatic heterocycles. The molecule has 0 radical (unpaired) electrons. The van der Waals surface area contributed by atoms with E-state index in [1.807, 2.05) is 80.6 Å². The van der Waals surface area contributed by atoms with E-state index in [2.05, 4.69) is 5.32 Å². The lowest BCUT2D eigenvalue weighted by Crippen LogP contribution is -2.33. The number of fused-ring (bicyclic) bond motifs is 1. The third-order valence-corrected chi connectivity index (χ3v) is 6.90. The number of thioether (sulfide) groups is 1. The predicted octanol–water partition coefficient (Wildman–Crippen LogP) is 6.56. The number of rotatable bonds is 9. The number of halogens is 1. The van der Waals surface area contributed by atoms with Crippen LogP contribution in [0.25, 0.3) is 6.08 Å². The minimum absolute atomic E-state index is 0.0656. The zero-order valence-electron chi connectivity index (χ0n) is 20.4. The van der Waals surface area contributed by atoms with Crippen molar-refractivity contribution in [2.24, 2.45) is 0 Å². The molecule has 4 rings (SSSR count). The number of nitrogens with one attached hydrogen (secondary N) is 1. The van der Waals surface area contributed by atoms with Gasteiger partial charge in [-0.2, -0.15) is 0 Å². The van der Waals surface area contributed by atoms with E-state index in [4.69, 9.17) is 16.3 Å². The first kappa shape index (κ1) is 26.0. The lowest BCUT2D eigenvalue weighted by molar-refractivity contribution is -0.114. The van der Waals surface area contributed by atoms with Crippen molar-refractivity contribution < 1.29 is 14.3 Å². The Morgan fingerprint density at radius 1 is 1.08 bits per heavy atom. The van der Waals surface area contributed by atoms with Crippen LogP contribution >= 0.6 is 23.4 Å². The Morgan fingerprint density at radius 3 is 2.61 bits per heavy atom.